The van der Waals surface area contributed by atoms with E-state index in [0.717, 1.165) is 22.7 Å². The van der Waals surface area contributed by atoms with Gasteiger partial charge in [0.15, 0.2) is 0 Å². The molecule has 0 aromatic heterocycles. The Morgan fingerprint density at radius 1 is 1.03 bits per heavy atom. The number of amides is 1. The number of anilines is 2. The van der Waals surface area contributed by atoms with Crippen LogP contribution in [-0.2, 0) is 4.79 Å². The summed E-state index contributed by atoms with van der Waals surface area (Å²) in [5, 5.41) is 17.5. The number of halogens is 1. The molecule has 1 heterocycles. The van der Waals surface area contributed by atoms with Crippen molar-refractivity contribution in [2.45, 2.75) is 26.0 Å². The van der Waals surface area contributed by atoms with Crippen molar-refractivity contribution in [3.05, 3.63) is 102 Å². The number of para-hydroxylation sites is 2. The van der Waals surface area contributed by atoms with Crippen LogP contribution in [0.1, 0.15) is 34.5 Å². The van der Waals surface area contributed by atoms with Crippen molar-refractivity contribution in [1.82, 2.24) is 10.6 Å². The van der Waals surface area contributed by atoms with E-state index >= 15 is 0 Å². The molecule has 7 nitrogen and oxygen atoms in total. The average Bonchev–Trinajstić information content (AvgIpc) is 2.94. The van der Waals surface area contributed by atoms with Crippen LogP contribution in [0.2, 0.25) is 0 Å². The maximum Gasteiger partial charge on any atom is 0.322 e. The first-order valence-electron chi connectivity index (χ1n) is 12.8. The highest BCUT2D eigenvalue weighted by molar-refractivity contribution is 5.98. The van der Waals surface area contributed by atoms with Crippen molar-refractivity contribution >= 4 is 46.4 Å². The van der Waals surface area contributed by atoms with Gasteiger partial charge in [0.05, 0.1) is 12.2 Å². The van der Waals surface area contributed by atoms with Crippen LogP contribution in [-0.4, -0.2) is 42.7 Å². The van der Waals surface area contributed by atoms with Gasteiger partial charge in [0.2, 0.25) is 0 Å². The maximum absolute atomic E-state index is 12.7. The van der Waals surface area contributed by atoms with Gasteiger partial charge in [0.25, 0.3) is 5.91 Å². The fraction of sp³-hybridized carbons (Fsp3) is 0.226. The molecular weight excluding hydrogens is 514 g/mol. The molecule has 0 aliphatic carbocycles. The lowest BCUT2D eigenvalue weighted by Crippen LogP contribution is -2.44. The van der Waals surface area contributed by atoms with E-state index in [0.29, 0.717) is 18.7 Å². The van der Waals surface area contributed by atoms with Gasteiger partial charge in [-0.25, -0.2) is 0 Å². The number of hydrogen-bond donors (Lipinski definition) is 3. The van der Waals surface area contributed by atoms with Gasteiger partial charge in [0, 0.05) is 23.8 Å². The van der Waals surface area contributed by atoms with Crippen molar-refractivity contribution in [2.24, 2.45) is 0 Å². The fourth-order valence-corrected chi connectivity index (χ4v) is 4.97. The summed E-state index contributed by atoms with van der Waals surface area (Å²) in [6.45, 7) is 4.80. The highest BCUT2D eigenvalue weighted by atomic mass is 35.5. The third kappa shape index (κ3) is 6.16. The van der Waals surface area contributed by atoms with Gasteiger partial charge in [-0.05, 0) is 60.0 Å². The molecule has 2 atom stereocenters. The standard InChI is InChI=1S/C31H31N3O4.ClH/c1-20-14-15-23(16-27(20)31(37)33-18-30(35)36)34-19-24(38-29-13-6-5-12-28(29)34)17-32-21(2)25-11-7-9-22-8-3-4-10-26(22)25;/h3-16,21,24,32H,17-19H2,1-2H3,(H,33,37)(H,35,36);1H/t21-,24?;/m1./s1. The van der Waals surface area contributed by atoms with Crippen LogP contribution in [0.3, 0.4) is 0 Å². The number of ether oxygens (including phenoxy) is 1. The number of aryl methyl sites for hydroxylation is 1. The second-order valence-corrected chi connectivity index (χ2v) is 9.59. The molecule has 4 aromatic rings. The molecule has 5 rings (SSSR count). The number of carbonyl (C=O) groups is 2. The van der Waals surface area contributed by atoms with Crippen LogP contribution in [0.25, 0.3) is 10.8 Å². The normalized spacial score (nSPS) is 15.0. The molecule has 4 aromatic carbocycles. The van der Waals surface area contributed by atoms with Crippen molar-refractivity contribution in [3.8, 4) is 5.75 Å². The maximum atomic E-state index is 12.7. The number of nitrogens with one attached hydrogen (secondary N) is 2. The fourth-order valence-electron chi connectivity index (χ4n) is 4.97. The first-order chi connectivity index (χ1) is 18.4. The molecule has 8 heteroatoms. The van der Waals surface area contributed by atoms with Crippen LogP contribution >= 0.6 is 12.4 Å². The van der Waals surface area contributed by atoms with E-state index in [1.807, 2.05) is 49.4 Å². The summed E-state index contributed by atoms with van der Waals surface area (Å²) in [7, 11) is 0. The number of carboxylic acids is 1. The quantitative estimate of drug-likeness (QED) is 0.266. The third-order valence-corrected chi connectivity index (χ3v) is 6.96. The molecule has 0 fully saturated rings. The Bertz CT molecular complexity index is 1490. The van der Waals surface area contributed by atoms with Crippen molar-refractivity contribution < 1.29 is 19.4 Å². The molecule has 1 amide bonds. The largest absolute Gasteiger partial charge is 0.485 e. The Balaban J connectivity index is 0.00000353. The van der Waals surface area contributed by atoms with Gasteiger partial charge in [-0.3, -0.25) is 9.59 Å². The molecule has 1 aliphatic rings. The number of carbonyl (C=O) groups excluding carboxylic acids is 1. The van der Waals surface area contributed by atoms with E-state index in [4.69, 9.17) is 9.84 Å². The SMILES string of the molecule is Cc1ccc(N2CC(CN[C@H](C)c3cccc4ccccc34)Oc3ccccc32)cc1C(=O)NCC(=O)O.Cl. The molecule has 39 heavy (non-hydrogen) atoms. The zero-order chi connectivity index (χ0) is 26.6. The molecular formula is C31H32ClN3O4. The summed E-state index contributed by atoms with van der Waals surface area (Å²) in [6, 6.07) is 28.5. The minimum Gasteiger partial charge on any atom is -0.485 e. The zero-order valence-electron chi connectivity index (χ0n) is 21.9. The molecule has 3 N–H and O–H groups in total. The highest BCUT2D eigenvalue weighted by Crippen LogP contribution is 2.38. The minimum absolute atomic E-state index is 0. The smallest absolute Gasteiger partial charge is 0.322 e. The van der Waals surface area contributed by atoms with E-state index in [1.54, 1.807) is 0 Å². The number of nitrogens with zero attached hydrogens (tertiary/aromatic N) is 1. The van der Waals surface area contributed by atoms with Gasteiger partial charge in [0.1, 0.15) is 18.4 Å². The Morgan fingerprint density at radius 2 is 1.77 bits per heavy atom. The summed E-state index contributed by atoms with van der Waals surface area (Å²) in [5.74, 6) is -0.710. The van der Waals surface area contributed by atoms with Crippen LogP contribution < -0.4 is 20.3 Å². The van der Waals surface area contributed by atoms with E-state index in [9.17, 15) is 9.59 Å². The summed E-state index contributed by atoms with van der Waals surface area (Å²) >= 11 is 0. The van der Waals surface area contributed by atoms with Gasteiger partial charge in [-0.2, -0.15) is 0 Å². The monoisotopic (exact) mass is 545 g/mol. The Morgan fingerprint density at radius 3 is 2.59 bits per heavy atom. The van der Waals surface area contributed by atoms with Crippen molar-refractivity contribution in [1.29, 1.82) is 0 Å². The lowest BCUT2D eigenvalue weighted by molar-refractivity contribution is -0.135. The third-order valence-electron chi connectivity index (χ3n) is 6.96. The van der Waals surface area contributed by atoms with Crippen molar-refractivity contribution in [2.75, 3.05) is 24.5 Å². The predicted octanol–water partition coefficient (Wildman–Crippen LogP) is 5.63. The lowest BCUT2D eigenvalue weighted by atomic mass is 9.99. The number of rotatable bonds is 8. The Kier molecular flexibility index (Phi) is 8.74. The number of carboxylic acid groups (broad SMARTS) is 1. The Hall–Kier alpha value is -4.07. The Labute approximate surface area is 234 Å². The van der Waals surface area contributed by atoms with Gasteiger partial charge in [-0.15, -0.1) is 12.4 Å². The van der Waals surface area contributed by atoms with E-state index in [2.05, 4.69) is 64.9 Å². The van der Waals surface area contributed by atoms with Gasteiger partial charge in [-0.1, -0.05) is 60.7 Å². The second-order valence-electron chi connectivity index (χ2n) is 9.59. The minimum atomic E-state index is -1.08. The van der Waals surface area contributed by atoms with Crippen LogP contribution in [0.4, 0.5) is 11.4 Å². The van der Waals surface area contributed by atoms with Crippen LogP contribution in [0, 0.1) is 6.92 Å². The first-order valence-corrected chi connectivity index (χ1v) is 12.8. The van der Waals surface area contributed by atoms with Crippen LogP contribution in [0.5, 0.6) is 5.75 Å². The van der Waals surface area contributed by atoms with E-state index in [-0.39, 0.29) is 24.6 Å². The second kappa shape index (κ2) is 12.2. The number of fused-ring (bicyclic) bond motifs is 2. The summed E-state index contributed by atoms with van der Waals surface area (Å²) in [6.07, 6.45) is -0.132. The molecule has 0 radical (unpaired) electrons. The predicted molar refractivity (Wildman–Crippen MR) is 157 cm³/mol. The summed E-state index contributed by atoms with van der Waals surface area (Å²) in [5.41, 5.74) is 4.24. The number of hydrogen-bond acceptors (Lipinski definition) is 5. The molecule has 0 spiro atoms. The molecule has 202 valence electrons. The zero-order valence-corrected chi connectivity index (χ0v) is 22.7. The average molecular weight is 546 g/mol. The summed E-state index contributed by atoms with van der Waals surface area (Å²) < 4.78 is 6.38. The van der Waals surface area contributed by atoms with Gasteiger partial charge >= 0.3 is 5.97 Å². The van der Waals surface area contributed by atoms with E-state index in [1.165, 1.54) is 16.3 Å². The molecule has 0 saturated carbocycles. The summed E-state index contributed by atoms with van der Waals surface area (Å²) in [4.78, 5) is 25.8. The molecule has 1 unspecified atom stereocenters. The first kappa shape index (κ1) is 28.0. The molecule has 0 bridgehead atoms. The molecule has 1 aliphatic heterocycles. The number of aliphatic carboxylic acids is 1. The highest BCUT2D eigenvalue weighted by Gasteiger charge is 2.28. The molecule has 0 saturated heterocycles. The number of benzene rings is 4. The lowest BCUT2D eigenvalue weighted by Gasteiger charge is -2.37. The topological polar surface area (TPSA) is 90.9 Å². The van der Waals surface area contributed by atoms with E-state index < -0.39 is 18.4 Å². The van der Waals surface area contributed by atoms with Crippen LogP contribution in [0.15, 0.2) is 84.9 Å². The van der Waals surface area contributed by atoms with Gasteiger partial charge < -0.3 is 25.4 Å². The van der Waals surface area contributed by atoms with Crippen molar-refractivity contribution in [3.63, 3.8) is 0 Å².